The quantitative estimate of drug-likeness (QED) is 0.384. The Kier molecular flexibility index (Phi) is 2.58. The highest BCUT2D eigenvalue weighted by Gasteiger charge is 2.07. The smallest absolute Gasteiger partial charge is 0.0702 e. The Bertz CT molecular complexity index is 1350. The minimum atomic E-state index is -2.34. The third kappa shape index (κ3) is 3.68. The fraction of sp³-hybridized carbons (Fsp3) is 0.115. The van der Waals surface area contributed by atoms with Gasteiger partial charge in [-0.25, -0.2) is 0 Å². The number of hydrogen-bond donors (Lipinski definition) is 0. The summed E-state index contributed by atoms with van der Waals surface area (Å²) in [7, 11) is 0. The lowest BCUT2D eigenvalue weighted by Gasteiger charge is -2.11. The van der Waals surface area contributed by atoms with Crippen LogP contribution in [-0.4, -0.2) is 4.98 Å². The highest BCUT2D eigenvalue weighted by molar-refractivity contribution is 5.76. The molecule has 0 spiro atoms. The Morgan fingerprint density at radius 3 is 1.85 bits per heavy atom. The van der Waals surface area contributed by atoms with Gasteiger partial charge in [-0.05, 0) is 66.1 Å². The van der Waals surface area contributed by atoms with Gasteiger partial charge in [-0.15, -0.1) is 0 Å². The summed E-state index contributed by atoms with van der Waals surface area (Å²) >= 11 is 0. The van der Waals surface area contributed by atoms with Crippen LogP contribution in [0.2, 0.25) is 0 Å². The molecule has 0 fully saturated rings. The molecule has 4 aromatic rings. The Labute approximate surface area is 174 Å². The summed E-state index contributed by atoms with van der Waals surface area (Å²) < 4.78 is 69.1. The Hall–Kier alpha value is -3.19. The van der Waals surface area contributed by atoms with Crippen LogP contribution in [0.1, 0.15) is 29.0 Å². The van der Waals surface area contributed by atoms with E-state index in [2.05, 4.69) is 4.98 Å². The van der Waals surface area contributed by atoms with Crippen molar-refractivity contribution in [1.82, 2.24) is 4.98 Å². The van der Waals surface area contributed by atoms with Crippen LogP contribution in [0.15, 0.2) is 85.1 Å². The minimum absolute atomic E-state index is 0.132. The number of aryl methyl sites for hydroxylation is 3. The van der Waals surface area contributed by atoms with Crippen molar-refractivity contribution in [2.45, 2.75) is 20.6 Å². The zero-order valence-corrected chi connectivity index (χ0v) is 14.5. The van der Waals surface area contributed by atoms with Crippen LogP contribution in [-0.2, 0) is 0 Å². The predicted octanol–water partition coefficient (Wildman–Crippen LogP) is 7.01. The van der Waals surface area contributed by atoms with Gasteiger partial charge >= 0.3 is 0 Å². The number of rotatable bonds is 3. The lowest BCUT2D eigenvalue weighted by atomic mass is 9.95. The molecule has 0 saturated carbocycles. The van der Waals surface area contributed by atoms with Gasteiger partial charge in [0.05, 0.1) is 5.69 Å². The van der Waals surface area contributed by atoms with E-state index in [0.717, 1.165) is 11.1 Å². The second-order valence-electron chi connectivity index (χ2n) is 6.35. The molecule has 0 aliphatic carbocycles. The topological polar surface area (TPSA) is 12.9 Å². The van der Waals surface area contributed by atoms with E-state index < -0.39 is 20.6 Å². The van der Waals surface area contributed by atoms with E-state index >= 15 is 0 Å². The van der Waals surface area contributed by atoms with Crippen molar-refractivity contribution in [3.63, 3.8) is 0 Å². The third-order valence-electron chi connectivity index (χ3n) is 4.49. The van der Waals surface area contributed by atoms with Crippen molar-refractivity contribution in [3.05, 3.63) is 102 Å². The molecule has 0 amide bonds. The fourth-order valence-electron chi connectivity index (χ4n) is 3.01. The van der Waals surface area contributed by atoms with Gasteiger partial charge in [0.25, 0.3) is 0 Å². The van der Waals surface area contributed by atoms with E-state index in [-0.39, 0.29) is 16.7 Å². The predicted molar refractivity (Wildman–Crippen MR) is 115 cm³/mol. The van der Waals surface area contributed by atoms with Crippen LogP contribution in [0.3, 0.4) is 0 Å². The molecular formula is C26H23N. The molecule has 0 aliphatic heterocycles. The van der Waals surface area contributed by atoms with Crippen LogP contribution in [0.4, 0.5) is 0 Å². The maximum atomic E-state index is 7.99. The normalized spacial score (nSPS) is 17.1. The molecule has 27 heavy (non-hydrogen) atoms. The first kappa shape index (κ1) is 9.66. The first-order valence-electron chi connectivity index (χ1n) is 13.1. The number of nitrogens with zero attached hydrogens (tertiary/aromatic N) is 1. The zero-order valence-electron chi connectivity index (χ0n) is 23.5. The summed E-state index contributed by atoms with van der Waals surface area (Å²) in [4.78, 5) is 4.28. The number of pyridine rings is 1. The largest absolute Gasteiger partial charge is 0.256 e. The van der Waals surface area contributed by atoms with Crippen molar-refractivity contribution < 1.29 is 12.3 Å². The summed E-state index contributed by atoms with van der Waals surface area (Å²) in [6.07, 6.45) is 1.31. The molecule has 3 aromatic carbocycles. The minimum Gasteiger partial charge on any atom is -0.256 e. The summed E-state index contributed by atoms with van der Waals surface area (Å²) in [5.41, 5.74) is 4.73. The molecule has 1 nitrogen and oxygen atoms in total. The molecule has 0 unspecified atom stereocenters. The molecule has 132 valence electrons. The fourth-order valence-corrected chi connectivity index (χ4v) is 3.01. The molecular weight excluding hydrogens is 326 g/mol. The second-order valence-corrected chi connectivity index (χ2v) is 6.35. The Balaban J connectivity index is 1.71. The molecule has 1 aromatic heterocycles. The van der Waals surface area contributed by atoms with Crippen molar-refractivity contribution >= 4 is 0 Å². The molecule has 0 bridgehead atoms. The SMILES string of the molecule is [2H]C([2H])([2H])c1ccc(-c2ccc(-c3cc(-c4ccc(C([2H])([2H])[2H])cn4)ccc3C([2H])([2H])[2H])cc2)cc1. The first-order chi connectivity index (χ1) is 16.7. The van der Waals surface area contributed by atoms with Crippen LogP contribution in [0.5, 0.6) is 0 Å². The van der Waals surface area contributed by atoms with Crippen LogP contribution >= 0.6 is 0 Å². The molecule has 0 N–H and O–H groups in total. The average molecular weight is 359 g/mol. The van der Waals surface area contributed by atoms with E-state index in [4.69, 9.17) is 12.3 Å². The van der Waals surface area contributed by atoms with Crippen molar-refractivity contribution in [1.29, 1.82) is 0 Å². The summed E-state index contributed by atoms with van der Waals surface area (Å²) in [6.45, 7) is -6.76. The van der Waals surface area contributed by atoms with E-state index in [1.807, 2.05) is 24.3 Å². The number of benzene rings is 3. The Morgan fingerprint density at radius 1 is 0.593 bits per heavy atom. The summed E-state index contributed by atoms with van der Waals surface area (Å²) in [5, 5.41) is 0. The highest BCUT2D eigenvalue weighted by atomic mass is 14.7. The molecule has 0 atom stereocenters. The second kappa shape index (κ2) is 7.20. The van der Waals surface area contributed by atoms with Gasteiger partial charge in [0.2, 0.25) is 0 Å². The zero-order chi connectivity index (χ0) is 26.3. The van der Waals surface area contributed by atoms with E-state index in [1.165, 1.54) is 12.3 Å². The molecule has 4 rings (SSSR count). The highest BCUT2D eigenvalue weighted by Crippen LogP contribution is 2.30. The lowest BCUT2D eigenvalue weighted by molar-refractivity contribution is 1.27. The Morgan fingerprint density at radius 2 is 1.22 bits per heavy atom. The standard InChI is InChI=1S/C26H23N/c1-18-4-8-21(9-5-18)22-11-13-23(14-12-22)25-16-24(10-7-20(25)3)26-15-6-19(2)17-27-26/h4-17H,1-3H3/i1D3,2D3,3D3. The molecule has 0 aliphatic rings. The third-order valence-corrected chi connectivity index (χ3v) is 4.49. The van der Waals surface area contributed by atoms with E-state index in [0.29, 0.717) is 22.4 Å². The molecule has 0 radical (unpaired) electrons. The van der Waals surface area contributed by atoms with Gasteiger partial charge < -0.3 is 0 Å². The molecule has 1 heteroatoms. The average Bonchev–Trinajstić information content (AvgIpc) is 2.82. The van der Waals surface area contributed by atoms with Crippen LogP contribution in [0, 0.1) is 20.6 Å². The van der Waals surface area contributed by atoms with Gasteiger partial charge in [0, 0.05) is 24.1 Å². The molecule has 1 heterocycles. The number of hydrogen-bond acceptors (Lipinski definition) is 1. The maximum absolute atomic E-state index is 7.99. The maximum Gasteiger partial charge on any atom is 0.0702 e. The van der Waals surface area contributed by atoms with Crippen LogP contribution < -0.4 is 0 Å². The number of aromatic nitrogens is 1. The monoisotopic (exact) mass is 358 g/mol. The van der Waals surface area contributed by atoms with Crippen molar-refractivity contribution in [3.8, 4) is 33.5 Å². The summed E-state index contributed by atoms with van der Waals surface area (Å²) in [5.74, 6) is 0. The summed E-state index contributed by atoms with van der Waals surface area (Å²) in [6, 6.07) is 22.1. The van der Waals surface area contributed by atoms with Crippen molar-refractivity contribution in [2.24, 2.45) is 0 Å². The van der Waals surface area contributed by atoms with Crippen molar-refractivity contribution in [2.75, 3.05) is 0 Å². The van der Waals surface area contributed by atoms with Crippen LogP contribution in [0.25, 0.3) is 33.5 Å². The van der Waals surface area contributed by atoms with E-state index in [9.17, 15) is 0 Å². The molecule has 0 saturated heterocycles. The van der Waals surface area contributed by atoms with Gasteiger partial charge in [-0.1, -0.05) is 72.3 Å². The van der Waals surface area contributed by atoms with Gasteiger partial charge in [0.1, 0.15) is 0 Å². The van der Waals surface area contributed by atoms with E-state index in [1.54, 1.807) is 48.5 Å². The van der Waals surface area contributed by atoms with Gasteiger partial charge in [-0.3, -0.25) is 4.98 Å². The first-order valence-corrected chi connectivity index (χ1v) is 8.56. The van der Waals surface area contributed by atoms with Gasteiger partial charge in [0.15, 0.2) is 0 Å². The lowest BCUT2D eigenvalue weighted by Crippen LogP contribution is -1.88. The van der Waals surface area contributed by atoms with Gasteiger partial charge in [-0.2, -0.15) is 0 Å².